The number of carbonyl (C=O) groups excluding carboxylic acids is 2. The van der Waals surface area contributed by atoms with Gasteiger partial charge in [0.15, 0.2) is 11.0 Å². The number of aryl methyl sites for hydroxylation is 1. The third-order valence-corrected chi connectivity index (χ3v) is 7.04. The molecule has 0 spiro atoms. The van der Waals surface area contributed by atoms with Gasteiger partial charge < -0.3 is 14.8 Å². The molecule has 14 heteroatoms. The van der Waals surface area contributed by atoms with Gasteiger partial charge in [-0.1, -0.05) is 36.0 Å². The summed E-state index contributed by atoms with van der Waals surface area (Å²) in [4.78, 5) is 35.4. The van der Waals surface area contributed by atoms with Crippen LogP contribution in [-0.4, -0.2) is 50.1 Å². The van der Waals surface area contributed by atoms with Crippen molar-refractivity contribution in [3.05, 3.63) is 90.0 Å². The Bertz CT molecular complexity index is 1750. The van der Waals surface area contributed by atoms with Crippen LogP contribution in [0.3, 0.4) is 0 Å². The van der Waals surface area contributed by atoms with Crippen molar-refractivity contribution in [1.29, 1.82) is 0 Å². The number of benzene rings is 3. The molecule has 0 saturated carbocycles. The number of ether oxygens (including phenoxy) is 2. The van der Waals surface area contributed by atoms with Crippen LogP contribution in [-0.2, 0) is 4.79 Å². The largest absolute Gasteiger partial charge is 0.573 e. The van der Waals surface area contributed by atoms with E-state index in [0.29, 0.717) is 28.6 Å². The zero-order valence-corrected chi connectivity index (χ0v) is 25.1. The SMILES string of the molecule is Cc1ccc(OC(C)C)c(N2C(=O)CSC2=NC(=O)Nc2ccc(/C=C/c3ncn(-c4ccc(OC(F)(F)F)cc4)n3)cc2)c1. The summed E-state index contributed by atoms with van der Waals surface area (Å²) in [5.74, 6) is 0.524. The molecule has 1 fully saturated rings. The number of carbonyl (C=O) groups is 2. The van der Waals surface area contributed by atoms with Gasteiger partial charge in [-0.25, -0.2) is 14.5 Å². The lowest BCUT2D eigenvalue weighted by Crippen LogP contribution is -2.31. The van der Waals surface area contributed by atoms with E-state index in [9.17, 15) is 22.8 Å². The van der Waals surface area contributed by atoms with E-state index >= 15 is 0 Å². The van der Waals surface area contributed by atoms with Crippen LogP contribution in [0.4, 0.5) is 29.3 Å². The molecule has 1 aliphatic heterocycles. The molecule has 232 valence electrons. The second kappa shape index (κ2) is 13.3. The summed E-state index contributed by atoms with van der Waals surface area (Å²) in [7, 11) is 0. The van der Waals surface area contributed by atoms with Gasteiger partial charge in [-0.05, 0) is 86.5 Å². The normalized spacial score (nSPS) is 14.5. The third-order valence-electron chi connectivity index (χ3n) is 6.11. The first-order valence-electron chi connectivity index (χ1n) is 13.6. The fourth-order valence-corrected chi connectivity index (χ4v) is 5.06. The van der Waals surface area contributed by atoms with E-state index in [4.69, 9.17) is 4.74 Å². The summed E-state index contributed by atoms with van der Waals surface area (Å²) in [6, 6.07) is 17.1. The van der Waals surface area contributed by atoms with E-state index in [-0.39, 0.29) is 28.7 Å². The predicted molar refractivity (Wildman–Crippen MR) is 167 cm³/mol. The molecular weight excluding hydrogens is 609 g/mol. The Hall–Kier alpha value is -5.11. The van der Waals surface area contributed by atoms with Gasteiger partial charge in [0.05, 0.1) is 23.2 Å². The number of alkyl halides is 3. The summed E-state index contributed by atoms with van der Waals surface area (Å²) >= 11 is 1.18. The number of nitrogens with one attached hydrogen (secondary N) is 1. The average Bonchev–Trinajstić information content (AvgIpc) is 3.59. The van der Waals surface area contributed by atoms with E-state index in [1.165, 1.54) is 51.9 Å². The number of halogens is 3. The topological polar surface area (TPSA) is 111 Å². The molecule has 4 aromatic rings. The molecule has 1 aliphatic rings. The molecule has 2 heterocycles. The Morgan fingerprint density at radius 3 is 2.49 bits per heavy atom. The number of amidine groups is 1. The summed E-state index contributed by atoms with van der Waals surface area (Å²) in [6.45, 7) is 5.69. The van der Waals surface area contributed by atoms with E-state index in [2.05, 4.69) is 25.1 Å². The number of hydrogen-bond acceptors (Lipinski definition) is 7. The van der Waals surface area contributed by atoms with Crippen LogP contribution < -0.4 is 19.7 Å². The molecule has 0 bridgehead atoms. The molecule has 3 aromatic carbocycles. The standard InChI is InChI=1S/C31H27F3N6O4S/c1-19(2)43-26-14-4-20(3)16-25(26)40-28(41)17-45-30(40)37-29(42)36-22-8-5-21(6-9-22)7-15-27-35-18-39(38-27)23-10-12-24(13-11-23)44-31(32,33)34/h4-16,18-19H,17H2,1-3H3,(H,36,42)/b15-7+,37-30?. The monoisotopic (exact) mass is 636 g/mol. The van der Waals surface area contributed by atoms with Crippen molar-refractivity contribution in [1.82, 2.24) is 14.8 Å². The lowest BCUT2D eigenvalue weighted by Gasteiger charge is -2.21. The van der Waals surface area contributed by atoms with Crippen molar-refractivity contribution in [2.45, 2.75) is 33.2 Å². The predicted octanol–water partition coefficient (Wildman–Crippen LogP) is 7.10. The Morgan fingerprint density at radius 1 is 1.07 bits per heavy atom. The lowest BCUT2D eigenvalue weighted by molar-refractivity contribution is -0.274. The number of aliphatic imine (C=N–C) groups is 1. The minimum Gasteiger partial charge on any atom is -0.489 e. The number of nitrogens with zero attached hydrogens (tertiary/aromatic N) is 5. The minimum atomic E-state index is -4.77. The van der Waals surface area contributed by atoms with E-state index in [1.807, 2.05) is 32.9 Å². The van der Waals surface area contributed by atoms with Crippen molar-refractivity contribution in [3.63, 3.8) is 0 Å². The van der Waals surface area contributed by atoms with Crippen LogP contribution in [0.25, 0.3) is 17.8 Å². The first-order chi connectivity index (χ1) is 21.4. The van der Waals surface area contributed by atoms with Crippen LogP contribution >= 0.6 is 11.8 Å². The van der Waals surface area contributed by atoms with E-state index in [1.54, 1.807) is 42.5 Å². The second-order valence-electron chi connectivity index (χ2n) is 10.0. The molecule has 0 radical (unpaired) electrons. The number of amides is 3. The van der Waals surface area contributed by atoms with Crippen molar-refractivity contribution in [2.24, 2.45) is 4.99 Å². The average molecular weight is 637 g/mol. The fourth-order valence-electron chi connectivity index (χ4n) is 4.20. The molecule has 1 N–H and O–H groups in total. The molecule has 3 amide bonds. The van der Waals surface area contributed by atoms with Gasteiger partial charge in [-0.15, -0.1) is 18.3 Å². The van der Waals surface area contributed by atoms with Gasteiger partial charge in [0.1, 0.15) is 17.8 Å². The summed E-state index contributed by atoms with van der Waals surface area (Å²) in [5.41, 5.74) is 3.27. The number of hydrogen-bond donors (Lipinski definition) is 1. The molecule has 1 saturated heterocycles. The van der Waals surface area contributed by atoms with Gasteiger partial charge in [0.2, 0.25) is 5.91 Å². The highest BCUT2D eigenvalue weighted by Crippen LogP contribution is 2.36. The van der Waals surface area contributed by atoms with Gasteiger partial charge in [0.25, 0.3) is 0 Å². The molecule has 0 atom stereocenters. The number of anilines is 2. The molecule has 5 rings (SSSR count). The van der Waals surface area contributed by atoms with Crippen LogP contribution in [0.1, 0.15) is 30.8 Å². The quantitative estimate of drug-likeness (QED) is 0.220. The van der Waals surface area contributed by atoms with Crippen LogP contribution in [0.5, 0.6) is 11.5 Å². The molecule has 0 unspecified atom stereocenters. The first-order valence-corrected chi connectivity index (χ1v) is 14.6. The minimum absolute atomic E-state index is 0.108. The van der Waals surface area contributed by atoms with E-state index in [0.717, 1.165) is 11.1 Å². The highest BCUT2D eigenvalue weighted by Gasteiger charge is 2.33. The zero-order valence-electron chi connectivity index (χ0n) is 24.3. The van der Waals surface area contributed by atoms with Crippen molar-refractivity contribution < 1.29 is 32.2 Å². The number of urea groups is 1. The van der Waals surface area contributed by atoms with E-state index < -0.39 is 12.4 Å². The highest BCUT2D eigenvalue weighted by atomic mass is 32.2. The lowest BCUT2D eigenvalue weighted by atomic mass is 10.2. The van der Waals surface area contributed by atoms with Gasteiger partial charge in [-0.2, -0.15) is 4.99 Å². The van der Waals surface area contributed by atoms with Gasteiger partial charge in [0, 0.05) is 5.69 Å². The first kappa shape index (κ1) is 31.3. The Labute approximate surface area is 260 Å². The number of thioether (sulfide) groups is 1. The Kier molecular flexibility index (Phi) is 9.23. The van der Waals surface area contributed by atoms with Crippen LogP contribution in [0.15, 0.2) is 78.0 Å². The molecule has 0 aliphatic carbocycles. The smallest absolute Gasteiger partial charge is 0.489 e. The summed E-state index contributed by atoms with van der Waals surface area (Å²) < 4.78 is 48.3. The second-order valence-corrected chi connectivity index (χ2v) is 11.0. The Morgan fingerprint density at radius 2 is 1.80 bits per heavy atom. The van der Waals surface area contributed by atoms with Crippen molar-refractivity contribution in [3.8, 4) is 17.2 Å². The zero-order chi connectivity index (χ0) is 32.1. The molecule has 1 aromatic heterocycles. The number of rotatable bonds is 8. The van der Waals surface area contributed by atoms with Gasteiger partial charge >= 0.3 is 12.4 Å². The maximum absolute atomic E-state index is 12.8. The molecule has 45 heavy (non-hydrogen) atoms. The summed E-state index contributed by atoms with van der Waals surface area (Å²) in [6.07, 6.45) is 0.00137. The van der Waals surface area contributed by atoms with Crippen LogP contribution in [0, 0.1) is 6.92 Å². The van der Waals surface area contributed by atoms with Crippen molar-refractivity contribution >= 4 is 52.4 Å². The maximum Gasteiger partial charge on any atom is 0.573 e. The number of aromatic nitrogens is 3. The molecular formula is C31H27F3N6O4S. The van der Waals surface area contributed by atoms with Crippen molar-refractivity contribution in [2.75, 3.05) is 16.0 Å². The van der Waals surface area contributed by atoms with Gasteiger partial charge in [-0.3, -0.25) is 9.69 Å². The molecule has 10 nitrogen and oxygen atoms in total. The Balaban J connectivity index is 1.22. The fraction of sp³-hybridized carbons (Fsp3) is 0.194. The summed E-state index contributed by atoms with van der Waals surface area (Å²) in [5, 5.41) is 7.29. The van der Waals surface area contributed by atoms with Crippen LogP contribution in [0.2, 0.25) is 0 Å². The maximum atomic E-state index is 12.8. The highest BCUT2D eigenvalue weighted by molar-refractivity contribution is 8.15. The third kappa shape index (κ3) is 8.29.